The number of anilines is 1. The van der Waals surface area contributed by atoms with Gasteiger partial charge in [0.1, 0.15) is 11.4 Å². The normalized spacial score (nSPS) is 10.7. The maximum atomic E-state index is 5.41. The van der Waals surface area contributed by atoms with Gasteiger partial charge in [0, 0.05) is 4.90 Å². The molecular weight excluding hydrogens is 336 g/mol. The van der Waals surface area contributed by atoms with Gasteiger partial charge in [-0.2, -0.15) is 0 Å². The predicted molar refractivity (Wildman–Crippen MR) is 85.6 cm³/mol. The van der Waals surface area contributed by atoms with Crippen LogP contribution in [0.3, 0.4) is 0 Å². The van der Waals surface area contributed by atoms with Crippen molar-refractivity contribution in [2.24, 2.45) is 5.84 Å². The number of nitrogens with one attached hydrogen (secondary N) is 1. The molecule has 3 N–H and O–H groups in total. The van der Waals surface area contributed by atoms with Crippen LogP contribution in [0.2, 0.25) is 0 Å². The van der Waals surface area contributed by atoms with E-state index < -0.39 is 0 Å². The molecule has 3 aromatic rings. The molecule has 6 heteroatoms. The number of halogens is 1. The van der Waals surface area contributed by atoms with E-state index in [1.807, 2.05) is 12.1 Å². The van der Waals surface area contributed by atoms with Crippen molar-refractivity contribution in [1.29, 1.82) is 0 Å². The van der Waals surface area contributed by atoms with Crippen molar-refractivity contribution in [3.63, 3.8) is 0 Å². The summed E-state index contributed by atoms with van der Waals surface area (Å²) < 4.78 is 0.764. The van der Waals surface area contributed by atoms with Crippen LogP contribution in [0.25, 0.3) is 10.8 Å². The van der Waals surface area contributed by atoms with Crippen LogP contribution >= 0.6 is 27.7 Å². The van der Waals surface area contributed by atoms with Gasteiger partial charge in [-0.15, -0.1) is 0 Å². The van der Waals surface area contributed by atoms with E-state index in [1.54, 1.807) is 11.8 Å². The van der Waals surface area contributed by atoms with Crippen LogP contribution in [0, 0.1) is 0 Å². The lowest BCUT2D eigenvalue weighted by atomic mass is 10.1. The standard InChI is InChI=1S/C14H11BrN4S/c15-12-13(19-16)17-8-18-14(12)20-11-6-5-9-3-1-2-4-10(9)7-11/h1-8H,16H2,(H,17,18,19). The van der Waals surface area contributed by atoms with Crippen molar-refractivity contribution < 1.29 is 0 Å². The lowest BCUT2D eigenvalue weighted by Gasteiger charge is -2.07. The fourth-order valence-electron chi connectivity index (χ4n) is 1.87. The summed E-state index contributed by atoms with van der Waals surface area (Å²) in [6, 6.07) is 14.6. The number of hydrogen-bond acceptors (Lipinski definition) is 5. The van der Waals surface area contributed by atoms with Gasteiger partial charge in [-0.3, -0.25) is 0 Å². The molecule has 0 amide bonds. The first-order chi connectivity index (χ1) is 9.78. The molecule has 0 radical (unpaired) electrons. The van der Waals surface area contributed by atoms with Crippen molar-refractivity contribution in [2.45, 2.75) is 9.92 Å². The Hall–Kier alpha value is -1.63. The highest BCUT2D eigenvalue weighted by molar-refractivity contribution is 9.10. The summed E-state index contributed by atoms with van der Waals surface area (Å²) in [5.41, 5.74) is 2.54. The molecule has 4 nitrogen and oxygen atoms in total. The van der Waals surface area contributed by atoms with Crippen molar-refractivity contribution in [3.8, 4) is 0 Å². The summed E-state index contributed by atoms with van der Waals surface area (Å²) in [5, 5.41) is 3.26. The number of benzene rings is 2. The van der Waals surface area contributed by atoms with E-state index in [1.165, 1.54) is 17.1 Å². The van der Waals surface area contributed by atoms with E-state index in [2.05, 4.69) is 61.7 Å². The van der Waals surface area contributed by atoms with E-state index in [0.29, 0.717) is 5.82 Å². The van der Waals surface area contributed by atoms with Crippen molar-refractivity contribution in [3.05, 3.63) is 53.3 Å². The number of hydrogen-bond donors (Lipinski definition) is 2. The maximum Gasteiger partial charge on any atom is 0.158 e. The molecule has 20 heavy (non-hydrogen) atoms. The molecule has 0 bridgehead atoms. The Balaban J connectivity index is 1.97. The molecule has 100 valence electrons. The fraction of sp³-hybridized carbons (Fsp3) is 0. The van der Waals surface area contributed by atoms with Crippen LogP contribution in [-0.4, -0.2) is 9.97 Å². The largest absolute Gasteiger partial charge is 0.307 e. The molecule has 0 saturated carbocycles. The highest BCUT2D eigenvalue weighted by atomic mass is 79.9. The number of fused-ring (bicyclic) bond motifs is 1. The Morgan fingerprint density at radius 2 is 1.85 bits per heavy atom. The van der Waals surface area contributed by atoms with Gasteiger partial charge >= 0.3 is 0 Å². The minimum atomic E-state index is 0.572. The molecule has 0 unspecified atom stereocenters. The highest BCUT2D eigenvalue weighted by Crippen LogP contribution is 2.35. The first-order valence-electron chi connectivity index (χ1n) is 5.91. The smallest absolute Gasteiger partial charge is 0.158 e. The third-order valence-corrected chi connectivity index (χ3v) is 4.84. The maximum absolute atomic E-state index is 5.41. The van der Waals surface area contributed by atoms with E-state index in [-0.39, 0.29) is 0 Å². The summed E-state index contributed by atoms with van der Waals surface area (Å²) in [6.45, 7) is 0. The molecular formula is C14H11BrN4S. The average Bonchev–Trinajstić information content (AvgIpc) is 2.49. The number of nitrogens with two attached hydrogens (primary N) is 1. The third-order valence-electron chi connectivity index (χ3n) is 2.83. The van der Waals surface area contributed by atoms with E-state index in [4.69, 9.17) is 5.84 Å². The number of nitrogens with zero attached hydrogens (tertiary/aromatic N) is 2. The summed E-state index contributed by atoms with van der Waals surface area (Å²) in [6.07, 6.45) is 1.49. The lowest BCUT2D eigenvalue weighted by Crippen LogP contribution is -2.09. The van der Waals surface area contributed by atoms with Crippen LogP contribution < -0.4 is 11.3 Å². The van der Waals surface area contributed by atoms with Crippen LogP contribution in [0.5, 0.6) is 0 Å². The zero-order valence-electron chi connectivity index (χ0n) is 10.4. The van der Waals surface area contributed by atoms with Crippen LogP contribution in [0.1, 0.15) is 0 Å². The number of hydrazine groups is 1. The topological polar surface area (TPSA) is 63.8 Å². The van der Waals surface area contributed by atoms with Gasteiger partial charge < -0.3 is 5.43 Å². The minimum Gasteiger partial charge on any atom is -0.307 e. The minimum absolute atomic E-state index is 0.572. The van der Waals surface area contributed by atoms with Crippen LogP contribution in [0.15, 0.2) is 63.2 Å². The van der Waals surface area contributed by atoms with E-state index in [0.717, 1.165) is 14.4 Å². The van der Waals surface area contributed by atoms with Crippen molar-refractivity contribution >= 4 is 44.3 Å². The molecule has 0 fully saturated rings. The molecule has 1 heterocycles. The lowest BCUT2D eigenvalue weighted by molar-refractivity contribution is 1.02. The van der Waals surface area contributed by atoms with Crippen molar-refractivity contribution in [2.75, 3.05) is 5.43 Å². The molecule has 0 aliphatic rings. The van der Waals surface area contributed by atoms with Gasteiger partial charge in [-0.25, -0.2) is 15.8 Å². The zero-order valence-corrected chi connectivity index (χ0v) is 12.8. The Bertz CT molecular complexity index is 763. The molecule has 0 aliphatic carbocycles. The SMILES string of the molecule is NNc1ncnc(Sc2ccc3ccccc3c2)c1Br. The quantitative estimate of drug-likeness (QED) is 0.428. The summed E-state index contributed by atoms with van der Waals surface area (Å²) in [5.74, 6) is 5.98. The predicted octanol–water partition coefficient (Wildman–Crippen LogP) is 3.83. The third kappa shape index (κ3) is 2.63. The Labute approximate surface area is 128 Å². The molecule has 3 rings (SSSR count). The van der Waals surface area contributed by atoms with Crippen molar-refractivity contribution in [1.82, 2.24) is 9.97 Å². The zero-order chi connectivity index (χ0) is 13.9. The summed E-state index contributed by atoms with van der Waals surface area (Å²) in [7, 11) is 0. The number of aromatic nitrogens is 2. The molecule has 0 saturated heterocycles. The summed E-state index contributed by atoms with van der Waals surface area (Å²) in [4.78, 5) is 9.43. The molecule has 2 aromatic carbocycles. The second-order valence-electron chi connectivity index (χ2n) is 4.10. The Morgan fingerprint density at radius 3 is 2.65 bits per heavy atom. The van der Waals surface area contributed by atoms with Gasteiger partial charge in [-0.05, 0) is 38.8 Å². The van der Waals surface area contributed by atoms with Gasteiger partial charge in [0.05, 0.1) is 4.47 Å². The first kappa shape index (κ1) is 13.4. The molecule has 0 aliphatic heterocycles. The highest BCUT2D eigenvalue weighted by Gasteiger charge is 2.09. The summed E-state index contributed by atoms with van der Waals surface area (Å²) >= 11 is 5.03. The average molecular weight is 347 g/mol. The first-order valence-corrected chi connectivity index (χ1v) is 7.52. The second-order valence-corrected chi connectivity index (χ2v) is 5.95. The van der Waals surface area contributed by atoms with E-state index >= 15 is 0 Å². The number of nitrogen functional groups attached to an aromatic ring is 1. The van der Waals surface area contributed by atoms with Gasteiger partial charge in [-0.1, -0.05) is 42.1 Å². The molecule has 0 spiro atoms. The van der Waals surface area contributed by atoms with Gasteiger partial charge in [0.15, 0.2) is 5.82 Å². The Morgan fingerprint density at radius 1 is 1.05 bits per heavy atom. The number of rotatable bonds is 3. The van der Waals surface area contributed by atoms with Crippen LogP contribution in [0.4, 0.5) is 5.82 Å². The molecule has 1 aromatic heterocycles. The molecule has 0 atom stereocenters. The van der Waals surface area contributed by atoms with Gasteiger partial charge in [0.2, 0.25) is 0 Å². The second kappa shape index (κ2) is 5.78. The monoisotopic (exact) mass is 346 g/mol. The van der Waals surface area contributed by atoms with Crippen LogP contribution in [-0.2, 0) is 0 Å². The van der Waals surface area contributed by atoms with Gasteiger partial charge in [0.25, 0.3) is 0 Å². The Kier molecular flexibility index (Phi) is 3.86. The fourth-order valence-corrected chi connectivity index (χ4v) is 3.26. The van der Waals surface area contributed by atoms with E-state index in [9.17, 15) is 0 Å².